The molecule has 2 unspecified atom stereocenters. The highest BCUT2D eigenvalue weighted by Gasteiger charge is 2.23. The topological polar surface area (TPSA) is 61.8 Å². The molecule has 0 aromatic carbocycles. The lowest BCUT2D eigenvalue weighted by Crippen LogP contribution is -2.46. The lowest BCUT2D eigenvalue weighted by molar-refractivity contribution is -0.144. The number of hydrogen-bond donors (Lipinski definition) is 2. The first kappa shape index (κ1) is 15.3. The van der Waals surface area contributed by atoms with Crippen molar-refractivity contribution in [3.05, 3.63) is 0 Å². The number of ether oxygens (including phenoxy) is 1. The third kappa shape index (κ3) is 6.05. The third-order valence-corrected chi connectivity index (χ3v) is 2.27. The second-order valence-electron chi connectivity index (χ2n) is 4.57. The van der Waals surface area contributed by atoms with Crippen LogP contribution in [0.3, 0.4) is 0 Å². The van der Waals surface area contributed by atoms with Gasteiger partial charge in [0.1, 0.15) is 6.04 Å². The molecule has 0 saturated heterocycles. The fraction of sp³-hybridized carbons (Fsp3) is 0.909. The van der Waals surface area contributed by atoms with E-state index in [1.807, 2.05) is 32.8 Å². The molecule has 0 aromatic rings. The van der Waals surface area contributed by atoms with E-state index in [0.717, 1.165) is 0 Å². The van der Waals surface area contributed by atoms with E-state index in [1.165, 1.54) is 7.11 Å². The summed E-state index contributed by atoms with van der Waals surface area (Å²) in [6.45, 7) is 4.83. The number of rotatable bonds is 7. The lowest BCUT2D eigenvalue weighted by atomic mass is 10.0. The van der Waals surface area contributed by atoms with Gasteiger partial charge in [0.15, 0.2) is 0 Å². The highest BCUT2D eigenvalue weighted by Crippen LogP contribution is 2.03. The first-order valence-corrected chi connectivity index (χ1v) is 5.52. The Hall–Kier alpha value is -0.650. The van der Waals surface area contributed by atoms with Crippen LogP contribution in [0.5, 0.6) is 0 Å². The molecule has 0 fully saturated rings. The van der Waals surface area contributed by atoms with Crippen LogP contribution in [0.1, 0.15) is 13.8 Å². The van der Waals surface area contributed by atoms with Gasteiger partial charge in [-0.3, -0.25) is 4.79 Å². The molecule has 0 aromatic heterocycles. The van der Waals surface area contributed by atoms with Crippen LogP contribution in [0.4, 0.5) is 0 Å². The van der Waals surface area contributed by atoms with E-state index >= 15 is 0 Å². The van der Waals surface area contributed by atoms with Crippen LogP contribution in [0.15, 0.2) is 0 Å². The summed E-state index contributed by atoms with van der Waals surface area (Å²) in [5.74, 6) is -0.147. The Labute approximate surface area is 97.8 Å². The van der Waals surface area contributed by atoms with Gasteiger partial charge in [-0.25, -0.2) is 0 Å². The molecule has 0 bridgehead atoms. The van der Waals surface area contributed by atoms with Gasteiger partial charge in [0.2, 0.25) is 0 Å². The molecule has 2 atom stereocenters. The van der Waals surface area contributed by atoms with Crippen LogP contribution in [-0.2, 0) is 9.53 Å². The van der Waals surface area contributed by atoms with Gasteiger partial charge >= 0.3 is 5.97 Å². The van der Waals surface area contributed by atoms with Crippen molar-refractivity contribution in [1.82, 2.24) is 10.2 Å². The standard InChI is InChI=1S/C11H24N2O3/c1-8(2)10(11(15)16-5)12-6-9(14)7-13(3)4/h8-10,12,14H,6-7H2,1-5H3. The van der Waals surface area contributed by atoms with Crippen molar-refractivity contribution in [2.45, 2.75) is 26.0 Å². The van der Waals surface area contributed by atoms with Gasteiger partial charge in [-0.1, -0.05) is 13.8 Å². The number of carbonyl (C=O) groups excluding carboxylic acids is 1. The third-order valence-electron chi connectivity index (χ3n) is 2.27. The van der Waals surface area contributed by atoms with Gasteiger partial charge in [-0.05, 0) is 20.0 Å². The minimum atomic E-state index is -0.485. The van der Waals surface area contributed by atoms with E-state index in [4.69, 9.17) is 4.74 Å². The molecule has 16 heavy (non-hydrogen) atoms. The molecule has 5 nitrogen and oxygen atoms in total. The molecule has 2 N–H and O–H groups in total. The van der Waals surface area contributed by atoms with Crippen molar-refractivity contribution in [3.8, 4) is 0 Å². The summed E-state index contributed by atoms with van der Waals surface area (Å²) in [6, 6.07) is -0.359. The molecule has 0 saturated carbocycles. The maximum Gasteiger partial charge on any atom is 0.323 e. The number of nitrogens with zero attached hydrogens (tertiary/aromatic N) is 1. The number of methoxy groups -OCH3 is 1. The smallest absolute Gasteiger partial charge is 0.323 e. The Kier molecular flexibility index (Phi) is 7.29. The number of hydrogen-bond acceptors (Lipinski definition) is 5. The average Bonchev–Trinajstić information content (AvgIpc) is 2.15. The zero-order valence-corrected chi connectivity index (χ0v) is 10.9. The highest BCUT2D eigenvalue weighted by molar-refractivity contribution is 5.75. The number of nitrogens with one attached hydrogen (secondary N) is 1. The van der Waals surface area contributed by atoms with Crippen LogP contribution in [0, 0.1) is 5.92 Å². The Bertz CT molecular complexity index is 207. The van der Waals surface area contributed by atoms with Gasteiger partial charge in [0.25, 0.3) is 0 Å². The molecule has 0 aliphatic carbocycles. The fourth-order valence-electron chi connectivity index (χ4n) is 1.47. The van der Waals surface area contributed by atoms with Crippen molar-refractivity contribution in [1.29, 1.82) is 0 Å². The Morgan fingerprint density at radius 3 is 2.38 bits per heavy atom. The monoisotopic (exact) mass is 232 g/mol. The van der Waals surface area contributed by atoms with Crippen molar-refractivity contribution >= 4 is 5.97 Å². The van der Waals surface area contributed by atoms with Gasteiger partial charge in [-0.2, -0.15) is 0 Å². The summed E-state index contributed by atoms with van der Waals surface area (Å²) in [5.41, 5.74) is 0. The number of esters is 1. The lowest BCUT2D eigenvalue weighted by Gasteiger charge is -2.22. The zero-order valence-electron chi connectivity index (χ0n) is 10.9. The number of aliphatic hydroxyl groups excluding tert-OH is 1. The van der Waals surface area contributed by atoms with Crippen molar-refractivity contribution in [2.24, 2.45) is 5.92 Å². The molecule has 0 amide bonds. The van der Waals surface area contributed by atoms with Crippen LogP contribution in [0.2, 0.25) is 0 Å². The summed E-state index contributed by atoms with van der Waals surface area (Å²) < 4.78 is 4.69. The largest absolute Gasteiger partial charge is 0.468 e. The van der Waals surface area contributed by atoms with Gasteiger partial charge in [0, 0.05) is 13.1 Å². The molecule has 0 aliphatic rings. The first-order chi connectivity index (χ1) is 7.38. The summed E-state index contributed by atoms with van der Waals surface area (Å²) in [4.78, 5) is 13.3. The van der Waals surface area contributed by atoms with E-state index in [1.54, 1.807) is 0 Å². The molecule has 0 rings (SSSR count). The van der Waals surface area contributed by atoms with Crippen LogP contribution >= 0.6 is 0 Å². The quantitative estimate of drug-likeness (QED) is 0.590. The predicted octanol–water partition coefficient (Wildman–Crippen LogP) is -0.304. The molecule has 96 valence electrons. The van der Waals surface area contributed by atoms with Crippen molar-refractivity contribution < 1.29 is 14.6 Å². The SMILES string of the molecule is COC(=O)C(NCC(O)CN(C)C)C(C)C. The maximum absolute atomic E-state index is 11.4. The van der Waals surface area contributed by atoms with E-state index in [2.05, 4.69) is 5.32 Å². The fourth-order valence-corrected chi connectivity index (χ4v) is 1.47. The molecule has 0 radical (unpaired) electrons. The molecule has 5 heteroatoms. The number of aliphatic hydroxyl groups is 1. The summed E-state index contributed by atoms with van der Waals surface area (Å²) >= 11 is 0. The Morgan fingerprint density at radius 2 is 2.00 bits per heavy atom. The second kappa shape index (κ2) is 7.60. The van der Waals surface area contributed by atoms with Crippen LogP contribution in [0.25, 0.3) is 0 Å². The zero-order chi connectivity index (χ0) is 12.7. The Morgan fingerprint density at radius 1 is 1.44 bits per heavy atom. The predicted molar refractivity (Wildman–Crippen MR) is 63.2 cm³/mol. The average molecular weight is 232 g/mol. The van der Waals surface area contributed by atoms with Crippen molar-refractivity contribution in [2.75, 3.05) is 34.3 Å². The number of carbonyl (C=O) groups is 1. The van der Waals surface area contributed by atoms with Crippen LogP contribution < -0.4 is 5.32 Å². The van der Waals surface area contributed by atoms with Gasteiger partial charge < -0.3 is 20.1 Å². The van der Waals surface area contributed by atoms with Crippen molar-refractivity contribution in [3.63, 3.8) is 0 Å². The molecule has 0 aliphatic heterocycles. The van der Waals surface area contributed by atoms with Gasteiger partial charge in [-0.15, -0.1) is 0 Å². The van der Waals surface area contributed by atoms with Crippen LogP contribution in [-0.4, -0.2) is 62.4 Å². The molecule has 0 heterocycles. The van der Waals surface area contributed by atoms with E-state index in [-0.39, 0.29) is 17.9 Å². The van der Waals surface area contributed by atoms with E-state index in [9.17, 15) is 9.90 Å². The maximum atomic E-state index is 11.4. The summed E-state index contributed by atoms with van der Waals surface area (Å²) in [5, 5.41) is 12.7. The molecular formula is C11H24N2O3. The highest BCUT2D eigenvalue weighted by atomic mass is 16.5. The minimum Gasteiger partial charge on any atom is -0.468 e. The van der Waals surface area contributed by atoms with Gasteiger partial charge in [0.05, 0.1) is 13.2 Å². The van der Waals surface area contributed by atoms with E-state index in [0.29, 0.717) is 13.1 Å². The normalized spacial score (nSPS) is 15.2. The second-order valence-corrected chi connectivity index (χ2v) is 4.57. The summed E-state index contributed by atoms with van der Waals surface area (Å²) in [6.07, 6.45) is -0.485. The first-order valence-electron chi connectivity index (χ1n) is 5.52. The number of likely N-dealkylation sites (N-methyl/N-ethyl adjacent to an activating group) is 1. The summed E-state index contributed by atoms with van der Waals surface area (Å²) in [7, 11) is 5.16. The molecular weight excluding hydrogens is 208 g/mol. The minimum absolute atomic E-state index is 0.138. The Balaban J connectivity index is 4.07. The molecule has 0 spiro atoms. The van der Waals surface area contributed by atoms with E-state index < -0.39 is 6.10 Å².